The summed E-state index contributed by atoms with van der Waals surface area (Å²) in [6, 6.07) is 9.19. The number of allylic oxidation sites excluding steroid dienone is 1. The quantitative estimate of drug-likeness (QED) is 0.407. The molecule has 3 aromatic rings. The van der Waals surface area contributed by atoms with E-state index in [1.165, 1.54) is 17.0 Å². The molecule has 3 heterocycles. The van der Waals surface area contributed by atoms with Crippen LogP contribution in [0.4, 0.5) is 13.2 Å². The van der Waals surface area contributed by atoms with E-state index < -0.39 is 11.9 Å². The third-order valence-corrected chi connectivity index (χ3v) is 6.87. The van der Waals surface area contributed by atoms with Gasteiger partial charge in [-0.05, 0) is 48.8 Å². The summed E-state index contributed by atoms with van der Waals surface area (Å²) in [6.45, 7) is 8.45. The smallest absolute Gasteiger partial charge is 0.333 e. The standard InChI is InChI=1S/C25H24F3N3OS/c1-4-9-16-12-19-20(13-30(23(32)5-2)15-22(19)33-16)17-10-7-8-11-18(17)21-14-31(6-3)29-24(21)25(26,27)28/h4-5,7-12,14,20H,2,6,13,15H2,1,3H3/b9-4+/t20-/m0/s1. The molecule has 0 fully saturated rings. The number of carbonyl (C=O) groups is 1. The van der Waals surface area contributed by atoms with E-state index in [1.807, 2.05) is 31.2 Å². The Morgan fingerprint density at radius 1 is 1.27 bits per heavy atom. The van der Waals surface area contributed by atoms with Gasteiger partial charge in [-0.25, -0.2) is 0 Å². The van der Waals surface area contributed by atoms with Crippen molar-refractivity contribution in [3.63, 3.8) is 0 Å². The van der Waals surface area contributed by atoms with Crippen molar-refractivity contribution in [3.8, 4) is 11.1 Å². The zero-order valence-electron chi connectivity index (χ0n) is 18.4. The molecule has 33 heavy (non-hydrogen) atoms. The van der Waals surface area contributed by atoms with Crippen LogP contribution in [0.3, 0.4) is 0 Å². The van der Waals surface area contributed by atoms with Gasteiger partial charge in [0.05, 0.1) is 6.54 Å². The van der Waals surface area contributed by atoms with Crippen LogP contribution in [0.5, 0.6) is 0 Å². The van der Waals surface area contributed by atoms with Crippen molar-refractivity contribution in [1.29, 1.82) is 0 Å². The molecule has 0 bridgehead atoms. The molecule has 0 saturated heterocycles. The Balaban J connectivity index is 1.90. The fraction of sp³-hybridized carbons (Fsp3) is 0.280. The third-order valence-electron chi connectivity index (χ3n) is 5.77. The molecule has 1 atom stereocenters. The lowest BCUT2D eigenvalue weighted by atomic mass is 9.83. The highest BCUT2D eigenvalue weighted by Crippen LogP contribution is 2.44. The molecule has 0 radical (unpaired) electrons. The number of hydrogen-bond donors (Lipinski definition) is 0. The van der Waals surface area contributed by atoms with Gasteiger partial charge < -0.3 is 4.90 Å². The summed E-state index contributed by atoms with van der Waals surface area (Å²) >= 11 is 1.60. The fourth-order valence-corrected chi connectivity index (χ4v) is 5.50. The van der Waals surface area contributed by atoms with Crippen LogP contribution in [0.25, 0.3) is 17.2 Å². The number of thiophene rings is 1. The number of aryl methyl sites for hydroxylation is 1. The largest absolute Gasteiger partial charge is 0.435 e. The molecule has 0 unspecified atom stereocenters. The van der Waals surface area contributed by atoms with Crippen molar-refractivity contribution < 1.29 is 18.0 Å². The SMILES string of the molecule is C=CC(=O)N1Cc2sc(/C=C/C)cc2[C@H](c2ccccc2-c2cn(CC)nc2C(F)(F)F)C1. The number of alkyl halides is 3. The van der Waals surface area contributed by atoms with Crippen molar-refractivity contribution in [2.75, 3.05) is 6.54 Å². The van der Waals surface area contributed by atoms with E-state index in [2.05, 4.69) is 17.7 Å². The Labute approximate surface area is 194 Å². The topological polar surface area (TPSA) is 38.1 Å². The number of amides is 1. The fourth-order valence-electron chi connectivity index (χ4n) is 4.28. The molecule has 0 N–H and O–H groups in total. The van der Waals surface area contributed by atoms with Crippen LogP contribution in [0, 0.1) is 0 Å². The van der Waals surface area contributed by atoms with Gasteiger partial charge in [0.25, 0.3) is 0 Å². The Hall–Kier alpha value is -3.13. The molecule has 4 rings (SSSR count). The van der Waals surface area contributed by atoms with E-state index in [9.17, 15) is 18.0 Å². The molecule has 1 aromatic carbocycles. The first-order valence-electron chi connectivity index (χ1n) is 10.7. The summed E-state index contributed by atoms with van der Waals surface area (Å²) in [6.07, 6.45) is 2.10. The summed E-state index contributed by atoms with van der Waals surface area (Å²) in [5.74, 6) is -0.464. The number of benzene rings is 1. The predicted octanol–water partition coefficient (Wildman–Crippen LogP) is 6.34. The van der Waals surface area contributed by atoms with Gasteiger partial charge in [0.2, 0.25) is 5.91 Å². The number of fused-ring (bicyclic) bond motifs is 1. The molecule has 0 saturated carbocycles. The zero-order valence-corrected chi connectivity index (χ0v) is 19.2. The van der Waals surface area contributed by atoms with Crippen LogP contribution in [0.2, 0.25) is 0 Å². The van der Waals surface area contributed by atoms with Gasteiger partial charge in [-0.2, -0.15) is 18.3 Å². The van der Waals surface area contributed by atoms with Gasteiger partial charge in [-0.15, -0.1) is 11.3 Å². The maximum Gasteiger partial charge on any atom is 0.435 e. The van der Waals surface area contributed by atoms with E-state index in [-0.39, 0.29) is 17.4 Å². The molecular weight excluding hydrogens is 447 g/mol. The summed E-state index contributed by atoms with van der Waals surface area (Å²) in [4.78, 5) is 16.3. The number of carbonyl (C=O) groups excluding carboxylic acids is 1. The molecule has 1 aliphatic heterocycles. The lowest BCUT2D eigenvalue weighted by Crippen LogP contribution is -2.37. The molecule has 8 heteroatoms. The maximum atomic E-state index is 13.9. The van der Waals surface area contributed by atoms with Gasteiger partial charge in [0, 0.05) is 40.5 Å². The number of nitrogens with zero attached hydrogens (tertiary/aromatic N) is 3. The molecule has 1 amide bonds. The summed E-state index contributed by atoms with van der Waals surface area (Å²) in [5.41, 5.74) is 1.42. The second-order valence-corrected chi connectivity index (χ2v) is 9.00. The van der Waals surface area contributed by atoms with Crippen molar-refractivity contribution in [2.24, 2.45) is 0 Å². The Bertz CT molecular complexity index is 1220. The highest BCUT2D eigenvalue weighted by atomic mass is 32.1. The first-order valence-corrected chi connectivity index (χ1v) is 11.5. The Morgan fingerprint density at radius 2 is 2.03 bits per heavy atom. The molecule has 4 nitrogen and oxygen atoms in total. The van der Waals surface area contributed by atoms with E-state index in [0.29, 0.717) is 25.2 Å². The first-order chi connectivity index (χ1) is 15.8. The molecule has 2 aromatic heterocycles. The normalized spacial score (nSPS) is 16.3. The van der Waals surface area contributed by atoms with Gasteiger partial charge in [0.1, 0.15) is 0 Å². The maximum absolute atomic E-state index is 13.9. The highest BCUT2D eigenvalue weighted by Gasteiger charge is 2.39. The van der Waals surface area contributed by atoms with Crippen molar-refractivity contribution in [2.45, 2.75) is 39.0 Å². The lowest BCUT2D eigenvalue weighted by Gasteiger charge is -2.33. The minimum Gasteiger partial charge on any atom is -0.333 e. The molecule has 172 valence electrons. The number of rotatable bonds is 5. The minimum atomic E-state index is -4.58. The highest BCUT2D eigenvalue weighted by molar-refractivity contribution is 7.13. The third kappa shape index (κ3) is 4.39. The zero-order chi connectivity index (χ0) is 23.8. The van der Waals surface area contributed by atoms with E-state index >= 15 is 0 Å². The molecular formula is C25H24F3N3OS. The van der Waals surface area contributed by atoms with Crippen LogP contribution >= 0.6 is 11.3 Å². The van der Waals surface area contributed by atoms with Gasteiger partial charge in [-0.1, -0.05) is 36.9 Å². The Kier molecular flexibility index (Phi) is 6.30. The summed E-state index contributed by atoms with van der Waals surface area (Å²) in [7, 11) is 0. The van der Waals surface area contributed by atoms with Crippen molar-refractivity contribution in [3.05, 3.63) is 81.8 Å². The van der Waals surface area contributed by atoms with Crippen LogP contribution in [0.15, 0.2) is 55.3 Å². The average molecular weight is 472 g/mol. The average Bonchev–Trinajstić information content (AvgIpc) is 3.42. The van der Waals surface area contributed by atoms with Crippen LogP contribution in [0.1, 0.15) is 46.3 Å². The number of halogens is 3. The molecule has 1 aliphatic rings. The molecule has 0 spiro atoms. The lowest BCUT2D eigenvalue weighted by molar-refractivity contribution is -0.141. The minimum absolute atomic E-state index is 0.0533. The van der Waals surface area contributed by atoms with Gasteiger partial charge in [-0.3, -0.25) is 9.48 Å². The second-order valence-electron chi connectivity index (χ2n) is 7.83. The van der Waals surface area contributed by atoms with Gasteiger partial charge in [0.15, 0.2) is 5.69 Å². The Morgan fingerprint density at radius 3 is 2.70 bits per heavy atom. The summed E-state index contributed by atoms with van der Waals surface area (Å²) < 4.78 is 42.9. The van der Waals surface area contributed by atoms with Crippen molar-refractivity contribution >= 4 is 23.3 Å². The monoisotopic (exact) mass is 471 g/mol. The van der Waals surface area contributed by atoms with Crippen LogP contribution in [-0.2, 0) is 24.1 Å². The van der Waals surface area contributed by atoms with E-state index in [1.54, 1.807) is 35.3 Å². The summed E-state index contributed by atoms with van der Waals surface area (Å²) in [5, 5.41) is 3.80. The number of aromatic nitrogens is 2. The van der Waals surface area contributed by atoms with E-state index in [4.69, 9.17) is 0 Å². The number of hydrogen-bond acceptors (Lipinski definition) is 3. The predicted molar refractivity (Wildman–Crippen MR) is 125 cm³/mol. The molecule has 0 aliphatic carbocycles. The first kappa shape index (κ1) is 23.0. The van der Waals surface area contributed by atoms with Crippen molar-refractivity contribution in [1.82, 2.24) is 14.7 Å². The van der Waals surface area contributed by atoms with Gasteiger partial charge >= 0.3 is 6.18 Å². The van der Waals surface area contributed by atoms with Crippen LogP contribution in [-0.4, -0.2) is 27.1 Å². The van der Waals surface area contributed by atoms with Crippen LogP contribution < -0.4 is 0 Å². The van der Waals surface area contributed by atoms with E-state index in [0.717, 1.165) is 20.9 Å². The second kappa shape index (κ2) is 9.02.